The quantitative estimate of drug-likeness (QED) is 0.912. The lowest BCUT2D eigenvalue weighted by Gasteiger charge is -2.16. The van der Waals surface area contributed by atoms with E-state index in [-0.39, 0.29) is 5.91 Å². The molecule has 110 valence electrons. The third-order valence-corrected chi connectivity index (χ3v) is 3.63. The topological polar surface area (TPSA) is 51.2 Å². The maximum absolute atomic E-state index is 12.2. The molecule has 0 aliphatic carbocycles. The van der Waals surface area contributed by atoms with E-state index in [2.05, 4.69) is 26.2 Å². The Morgan fingerprint density at radius 2 is 2.10 bits per heavy atom. The highest BCUT2D eigenvalue weighted by Crippen LogP contribution is 2.26. The standard InChI is InChI=1S/C16H17BrN2O2/c1-10-6-7-14(13(17)9-10)21-12(3)16(20)19-15-11(2)5-4-8-18-15/h4-9,12H,1-3H3,(H,18,19,20)/t12-/m0/s1. The van der Waals surface area contributed by atoms with Crippen molar-refractivity contribution < 1.29 is 9.53 Å². The second-order valence-electron chi connectivity index (χ2n) is 4.85. The van der Waals surface area contributed by atoms with E-state index in [9.17, 15) is 4.79 Å². The summed E-state index contributed by atoms with van der Waals surface area (Å²) in [5.41, 5.74) is 2.03. The number of aromatic nitrogens is 1. The molecule has 2 rings (SSSR count). The number of ether oxygens (including phenoxy) is 1. The molecule has 0 fully saturated rings. The van der Waals surface area contributed by atoms with Crippen LogP contribution in [-0.2, 0) is 4.79 Å². The molecule has 0 unspecified atom stereocenters. The average molecular weight is 349 g/mol. The van der Waals surface area contributed by atoms with Crippen LogP contribution in [-0.4, -0.2) is 17.0 Å². The van der Waals surface area contributed by atoms with Crippen LogP contribution in [0.15, 0.2) is 41.0 Å². The number of carbonyl (C=O) groups is 1. The second kappa shape index (κ2) is 6.72. The SMILES string of the molecule is Cc1ccc(O[C@@H](C)C(=O)Nc2ncccc2C)c(Br)c1. The van der Waals surface area contributed by atoms with Crippen molar-refractivity contribution in [1.82, 2.24) is 4.98 Å². The fraction of sp³-hybridized carbons (Fsp3) is 0.250. The minimum Gasteiger partial charge on any atom is -0.480 e. The van der Waals surface area contributed by atoms with Gasteiger partial charge in [0.25, 0.3) is 5.91 Å². The molecule has 4 nitrogen and oxygen atoms in total. The van der Waals surface area contributed by atoms with E-state index in [4.69, 9.17) is 4.74 Å². The van der Waals surface area contributed by atoms with E-state index in [1.54, 1.807) is 13.1 Å². The summed E-state index contributed by atoms with van der Waals surface area (Å²) in [6.07, 6.45) is 1.02. The largest absolute Gasteiger partial charge is 0.480 e. The summed E-state index contributed by atoms with van der Waals surface area (Å²) in [6, 6.07) is 9.45. The van der Waals surface area contributed by atoms with Crippen LogP contribution in [0.5, 0.6) is 5.75 Å². The Labute approximate surface area is 132 Å². The number of carbonyl (C=O) groups excluding carboxylic acids is 1. The van der Waals surface area contributed by atoms with Gasteiger partial charge in [0.2, 0.25) is 0 Å². The van der Waals surface area contributed by atoms with Gasteiger partial charge in [-0.1, -0.05) is 12.1 Å². The van der Waals surface area contributed by atoms with Gasteiger partial charge in [-0.05, 0) is 66.0 Å². The number of hydrogen-bond acceptors (Lipinski definition) is 3. The molecular weight excluding hydrogens is 332 g/mol. The zero-order chi connectivity index (χ0) is 15.4. The van der Waals surface area contributed by atoms with E-state index in [0.717, 1.165) is 15.6 Å². The summed E-state index contributed by atoms with van der Waals surface area (Å²) in [4.78, 5) is 16.3. The molecule has 0 saturated heterocycles. The highest BCUT2D eigenvalue weighted by molar-refractivity contribution is 9.10. The van der Waals surface area contributed by atoms with Crippen LogP contribution in [0.2, 0.25) is 0 Å². The van der Waals surface area contributed by atoms with Gasteiger partial charge in [0, 0.05) is 6.20 Å². The Morgan fingerprint density at radius 1 is 1.33 bits per heavy atom. The molecule has 0 bridgehead atoms. The lowest BCUT2D eigenvalue weighted by atomic mass is 10.2. The van der Waals surface area contributed by atoms with Gasteiger partial charge in [-0.3, -0.25) is 4.79 Å². The molecule has 1 atom stereocenters. The van der Waals surface area contributed by atoms with Crippen LogP contribution in [0.25, 0.3) is 0 Å². The first-order valence-electron chi connectivity index (χ1n) is 6.62. The summed E-state index contributed by atoms with van der Waals surface area (Å²) >= 11 is 3.43. The molecule has 0 spiro atoms. The van der Waals surface area contributed by atoms with Crippen molar-refractivity contribution in [2.45, 2.75) is 26.9 Å². The average Bonchev–Trinajstić information content (AvgIpc) is 2.44. The number of hydrogen-bond donors (Lipinski definition) is 1. The monoisotopic (exact) mass is 348 g/mol. The fourth-order valence-electron chi connectivity index (χ4n) is 1.78. The Balaban J connectivity index is 2.04. The molecule has 2 aromatic rings. The van der Waals surface area contributed by atoms with Gasteiger partial charge in [-0.15, -0.1) is 0 Å². The number of nitrogens with one attached hydrogen (secondary N) is 1. The van der Waals surface area contributed by atoms with Crippen LogP contribution in [0.1, 0.15) is 18.1 Å². The second-order valence-corrected chi connectivity index (χ2v) is 5.71. The molecule has 1 aromatic carbocycles. The highest BCUT2D eigenvalue weighted by Gasteiger charge is 2.17. The molecule has 0 aliphatic heterocycles. The third-order valence-electron chi connectivity index (χ3n) is 3.01. The number of amides is 1. The number of aryl methyl sites for hydroxylation is 2. The minimum atomic E-state index is -0.620. The zero-order valence-corrected chi connectivity index (χ0v) is 13.8. The summed E-state index contributed by atoms with van der Waals surface area (Å²) in [5, 5.41) is 2.77. The van der Waals surface area contributed by atoms with Crippen molar-refractivity contribution in [3.05, 3.63) is 52.1 Å². The Kier molecular flexibility index (Phi) is 4.96. The summed E-state index contributed by atoms with van der Waals surface area (Å²) < 4.78 is 6.52. The molecule has 1 heterocycles. The van der Waals surface area contributed by atoms with Gasteiger partial charge in [0.05, 0.1) is 4.47 Å². The van der Waals surface area contributed by atoms with Crippen molar-refractivity contribution in [1.29, 1.82) is 0 Å². The first-order valence-corrected chi connectivity index (χ1v) is 7.42. The van der Waals surface area contributed by atoms with Crippen molar-refractivity contribution in [2.75, 3.05) is 5.32 Å². The van der Waals surface area contributed by atoms with E-state index < -0.39 is 6.10 Å². The Hall–Kier alpha value is -1.88. The van der Waals surface area contributed by atoms with Crippen molar-refractivity contribution in [2.24, 2.45) is 0 Å². The zero-order valence-electron chi connectivity index (χ0n) is 12.2. The molecule has 1 amide bonds. The van der Waals surface area contributed by atoms with Crippen LogP contribution < -0.4 is 10.1 Å². The lowest BCUT2D eigenvalue weighted by Crippen LogP contribution is -2.30. The number of pyridine rings is 1. The number of anilines is 1. The molecule has 1 N–H and O–H groups in total. The molecular formula is C16H17BrN2O2. The van der Waals surface area contributed by atoms with E-state index in [1.807, 2.05) is 44.2 Å². The van der Waals surface area contributed by atoms with Crippen LogP contribution in [0, 0.1) is 13.8 Å². The van der Waals surface area contributed by atoms with Gasteiger partial charge in [0.1, 0.15) is 11.6 Å². The first kappa shape index (κ1) is 15.5. The van der Waals surface area contributed by atoms with Crippen molar-refractivity contribution in [3.63, 3.8) is 0 Å². The predicted molar refractivity (Wildman–Crippen MR) is 86.6 cm³/mol. The maximum Gasteiger partial charge on any atom is 0.266 e. The lowest BCUT2D eigenvalue weighted by molar-refractivity contribution is -0.122. The normalized spacial score (nSPS) is 11.8. The summed E-state index contributed by atoms with van der Waals surface area (Å²) in [7, 11) is 0. The molecule has 1 aromatic heterocycles. The first-order chi connectivity index (χ1) is 9.97. The fourth-order valence-corrected chi connectivity index (χ4v) is 2.37. The maximum atomic E-state index is 12.2. The van der Waals surface area contributed by atoms with Gasteiger partial charge in [0.15, 0.2) is 6.10 Å². The van der Waals surface area contributed by atoms with Crippen molar-refractivity contribution in [3.8, 4) is 5.75 Å². The number of benzene rings is 1. The van der Waals surface area contributed by atoms with Crippen LogP contribution in [0.3, 0.4) is 0 Å². The van der Waals surface area contributed by atoms with E-state index in [0.29, 0.717) is 11.6 Å². The van der Waals surface area contributed by atoms with Gasteiger partial charge in [-0.25, -0.2) is 4.98 Å². The number of nitrogens with zero attached hydrogens (tertiary/aromatic N) is 1. The Bertz CT molecular complexity index is 658. The van der Waals surface area contributed by atoms with Gasteiger partial charge >= 0.3 is 0 Å². The number of halogens is 1. The minimum absolute atomic E-state index is 0.232. The molecule has 21 heavy (non-hydrogen) atoms. The summed E-state index contributed by atoms with van der Waals surface area (Å²) in [6.45, 7) is 5.60. The van der Waals surface area contributed by atoms with Crippen LogP contribution in [0.4, 0.5) is 5.82 Å². The Morgan fingerprint density at radius 3 is 2.76 bits per heavy atom. The third kappa shape index (κ3) is 4.04. The smallest absolute Gasteiger partial charge is 0.266 e. The molecule has 0 aliphatic rings. The van der Waals surface area contributed by atoms with Gasteiger partial charge in [-0.2, -0.15) is 0 Å². The summed E-state index contributed by atoms with van der Waals surface area (Å²) in [5.74, 6) is 0.964. The predicted octanol–water partition coefficient (Wildman–Crippen LogP) is 3.87. The molecule has 0 radical (unpaired) electrons. The van der Waals surface area contributed by atoms with E-state index >= 15 is 0 Å². The van der Waals surface area contributed by atoms with Gasteiger partial charge < -0.3 is 10.1 Å². The van der Waals surface area contributed by atoms with E-state index in [1.165, 1.54) is 0 Å². The molecule has 0 saturated carbocycles. The number of rotatable bonds is 4. The van der Waals surface area contributed by atoms with Crippen molar-refractivity contribution >= 4 is 27.7 Å². The van der Waals surface area contributed by atoms with Crippen LogP contribution >= 0.6 is 15.9 Å². The molecule has 5 heteroatoms. The highest BCUT2D eigenvalue weighted by atomic mass is 79.9.